The van der Waals surface area contributed by atoms with Crippen molar-refractivity contribution >= 4 is 27.8 Å². The molecule has 1 aromatic carbocycles. The molecule has 1 atom stereocenters. The number of hydrogen-bond acceptors (Lipinski definition) is 8. The number of nitrogens with zero attached hydrogens (tertiary/aromatic N) is 3. The summed E-state index contributed by atoms with van der Waals surface area (Å²) in [4.78, 5) is 23.3. The maximum absolute atomic E-state index is 13.2. The molecule has 37 heavy (non-hydrogen) atoms. The summed E-state index contributed by atoms with van der Waals surface area (Å²) in [7, 11) is 0. The molecule has 3 aliphatic rings. The van der Waals surface area contributed by atoms with E-state index in [1.54, 1.807) is 0 Å². The van der Waals surface area contributed by atoms with Crippen LogP contribution in [0.3, 0.4) is 0 Å². The highest BCUT2D eigenvalue weighted by atomic mass is 32.1. The molecule has 8 heteroatoms. The predicted octanol–water partition coefficient (Wildman–Crippen LogP) is 4.80. The average molecular weight is 520 g/mol. The van der Waals surface area contributed by atoms with E-state index in [-0.39, 0.29) is 5.78 Å². The summed E-state index contributed by atoms with van der Waals surface area (Å²) >= 11 is 1.52. The summed E-state index contributed by atoms with van der Waals surface area (Å²) in [6.07, 6.45) is 1.46. The van der Waals surface area contributed by atoms with Gasteiger partial charge in [0.25, 0.3) is 0 Å². The number of benzene rings is 1. The fourth-order valence-electron chi connectivity index (χ4n) is 5.58. The summed E-state index contributed by atoms with van der Waals surface area (Å²) in [6.45, 7) is 10.0. The van der Waals surface area contributed by atoms with E-state index >= 15 is 0 Å². The number of carbonyl (C=O) groups is 1. The number of ether oxygens (including phenoxy) is 2. The zero-order valence-electron chi connectivity index (χ0n) is 21.4. The van der Waals surface area contributed by atoms with E-state index in [1.807, 2.05) is 26.1 Å². The number of aromatic nitrogens is 1. The monoisotopic (exact) mass is 519 g/mol. The highest BCUT2D eigenvalue weighted by Gasteiger charge is 2.43. The van der Waals surface area contributed by atoms with Crippen molar-refractivity contribution in [2.75, 3.05) is 62.4 Å². The lowest BCUT2D eigenvalue weighted by atomic mass is 9.72. The Balaban J connectivity index is 1.46. The van der Waals surface area contributed by atoms with Gasteiger partial charge >= 0.3 is 0 Å². The van der Waals surface area contributed by atoms with Crippen LogP contribution in [-0.2, 0) is 9.47 Å². The number of thiophene rings is 1. The van der Waals surface area contributed by atoms with Gasteiger partial charge in [-0.2, -0.15) is 0 Å². The number of Topliss-reactive ketones (excluding diaryl/α,β-unsaturated/α-hetero) is 1. The Morgan fingerprint density at radius 1 is 0.973 bits per heavy atom. The SMILES string of the molecule is CC1(C)CC(=O)c2sc(N3CCOCC3)c(-c3ccnc(-c4cccc(N5CCOCC5)c4)c3)c2C1O. The second kappa shape index (κ2) is 9.83. The molecule has 2 aliphatic heterocycles. The number of anilines is 2. The first-order valence-corrected chi connectivity index (χ1v) is 13.8. The van der Waals surface area contributed by atoms with Crippen LogP contribution in [0.5, 0.6) is 0 Å². The largest absolute Gasteiger partial charge is 0.388 e. The van der Waals surface area contributed by atoms with Gasteiger partial charge in [0.05, 0.1) is 43.1 Å². The molecule has 0 bridgehead atoms. The van der Waals surface area contributed by atoms with E-state index < -0.39 is 11.5 Å². The van der Waals surface area contributed by atoms with Crippen molar-refractivity contribution in [2.45, 2.75) is 26.4 Å². The van der Waals surface area contributed by atoms with E-state index in [0.717, 1.165) is 78.0 Å². The maximum atomic E-state index is 13.2. The third-order valence-electron chi connectivity index (χ3n) is 7.67. The van der Waals surface area contributed by atoms with Crippen molar-refractivity contribution in [3.63, 3.8) is 0 Å². The Bertz CT molecular complexity index is 1310. The maximum Gasteiger partial charge on any atom is 0.173 e. The summed E-state index contributed by atoms with van der Waals surface area (Å²) in [6, 6.07) is 12.6. The minimum Gasteiger partial charge on any atom is -0.388 e. The van der Waals surface area contributed by atoms with Gasteiger partial charge in [0, 0.05) is 66.6 Å². The van der Waals surface area contributed by atoms with Crippen LogP contribution in [0, 0.1) is 5.41 Å². The molecular formula is C29H33N3O4S. The van der Waals surface area contributed by atoms with Gasteiger partial charge in [0.1, 0.15) is 5.00 Å². The summed E-state index contributed by atoms with van der Waals surface area (Å²) < 4.78 is 11.1. The van der Waals surface area contributed by atoms with Crippen LogP contribution in [0.4, 0.5) is 10.7 Å². The first-order valence-electron chi connectivity index (χ1n) is 13.0. The Morgan fingerprint density at radius 3 is 2.41 bits per heavy atom. The van der Waals surface area contributed by atoms with Gasteiger partial charge in [-0.1, -0.05) is 26.0 Å². The second-order valence-electron chi connectivity index (χ2n) is 10.7. The van der Waals surface area contributed by atoms with Crippen LogP contribution >= 0.6 is 11.3 Å². The number of hydrogen-bond donors (Lipinski definition) is 1. The lowest BCUT2D eigenvalue weighted by Gasteiger charge is -2.35. The van der Waals surface area contributed by atoms with Gasteiger partial charge in [-0.15, -0.1) is 11.3 Å². The van der Waals surface area contributed by atoms with Crippen LogP contribution in [0.1, 0.15) is 41.6 Å². The summed E-state index contributed by atoms with van der Waals surface area (Å²) in [5.41, 5.74) is 5.26. The van der Waals surface area contributed by atoms with Gasteiger partial charge in [-0.3, -0.25) is 9.78 Å². The molecule has 1 aliphatic carbocycles. The number of ketones is 1. The lowest BCUT2D eigenvalue weighted by molar-refractivity contribution is 0.0330. The van der Waals surface area contributed by atoms with E-state index in [4.69, 9.17) is 14.5 Å². The molecule has 2 saturated heterocycles. The van der Waals surface area contributed by atoms with Crippen LogP contribution in [-0.4, -0.2) is 68.5 Å². The Kier molecular flexibility index (Phi) is 6.52. The number of carbonyl (C=O) groups excluding carboxylic acids is 1. The quantitative estimate of drug-likeness (QED) is 0.531. The zero-order chi connectivity index (χ0) is 25.6. The molecule has 4 heterocycles. The first-order chi connectivity index (χ1) is 17.9. The molecule has 3 aromatic rings. The minimum absolute atomic E-state index is 0.114. The second-order valence-corrected chi connectivity index (χ2v) is 11.7. The van der Waals surface area contributed by atoms with Gasteiger partial charge in [0.2, 0.25) is 0 Å². The van der Waals surface area contributed by atoms with Crippen LogP contribution < -0.4 is 9.80 Å². The topological polar surface area (TPSA) is 75.1 Å². The molecule has 0 spiro atoms. The standard InChI is InChI=1S/C29H33N3O4S/c1-29(2)18-23(33)26-25(27(29)34)24(28(37-26)32-10-14-36-15-11-32)20-6-7-30-22(17-20)19-4-3-5-21(16-19)31-8-12-35-13-9-31/h3-7,16-17,27,34H,8-15,18H2,1-2H3. The Hall–Kier alpha value is -2.78. The highest BCUT2D eigenvalue weighted by Crippen LogP contribution is 2.54. The normalized spacial score (nSPS) is 21.7. The van der Waals surface area contributed by atoms with E-state index in [1.165, 1.54) is 11.3 Å². The number of aliphatic hydroxyl groups is 1. The van der Waals surface area contributed by atoms with E-state index in [0.29, 0.717) is 24.5 Å². The molecule has 0 saturated carbocycles. The van der Waals surface area contributed by atoms with Crippen molar-refractivity contribution in [3.05, 3.63) is 53.0 Å². The Morgan fingerprint density at radius 2 is 1.68 bits per heavy atom. The van der Waals surface area contributed by atoms with Crippen molar-refractivity contribution in [1.29, 1.82) is 0 Å². The molecule has 7 nitrogen and oxygen atoms in total. The third-order valence-corrected chi connectivity index (χ3v) is 8.98. The molecule has 6 rings (SSSR count). The molecular weight excluding hydrogens is 486 g/mol. The number of fused-ring (bicyclic) bond motifs is 1. The van der Waals surface area contributed by atoms with Gasteiger partial charge < -0.3 is 24.4 Å². The lowest BCUT2D eigenvalue weighted by Crippen LogP contribution is -2.36. The van der Waals surface area contributed by atoms with Crippen LogP contribution in [0.15, 0.2) is 42.6 Å². The highest BCUT2D eigenvalue weighted by molar-refractivity contribution is 7.19. The minimum atomic E-state index is -0.720. The summed E-state index contributed by atoms with van der Waals surface area (Å²) in [5.74, 6) is 0.114. The Labute approximate surface area is 221 Å². The van der Waals surface area contributed by atoms with Crippen molar-refractivity contribution in [2.24, 2.45) is 5.41 Å². The molecule has 0 radical (unpaired) electrons. The molecule has 1 N–H and O–H groups in total. The molecule has 1 unspecified atom stereocenters. The fourth-order valence-corrected chi connectivity index (χ4v) is 6.92. The average Bonchev–Trinajstić information content (AvgIpc) is 3.34. The van der Waals surface area contributed by atoms with E-state index in [9.17, 15) is 9.90 Å². The van der Waals surface area contributed by atoms with Crippen molar-refractivity contribution in [3.8, 4) is 22.4 Å². The van der Waals surface area contributed by atoms with Gasteiger partial charge in [0.15, 0.2) is 5.78 Å². The third kappa shape index (κ3) is 4.56. The molecule has 194 valence electrons. The van der Waals surface area contributed by atoms with Crippen molar-refractivity contribution < 1.29 is 19.4 Å². The first kappa shape index (κ1) is 24.6. The van der Waals surface area contributed by atoms with Gasteiger partial charge in [-0.05, 0) is 29.8 Å². The predicted molar refractivity (Wildman–Crippen MR) is 147 cm³/mol. The van der Waals surface area contributed by atoms with Crippen LogP contribution in [0.25, 0.3) is 22.4 Å². The van der Waals surface area contributed by atoms with E-state index in [2.05, 4.69) is 40.1 Å². The molecule has 0 amide bonds. The zero-order valence-corrected chi connectivity index (χ0v) is 22.2. The number of morpholine rings is 2. The fraction of sp³-hybridized carbons (Fsp3) is 0.448. The number of rotatable bonds is 4. The van der Waals surface area contributed by atoms with Crippen LogP contribution in [0.2, 0.25) is 0 Å². The van der Waals surface area contributed by atoms with Gasteiger partial charge in [-0.25, -0.2) is 0 Å². The summed E-state index contributed by atoms with van der Waals surface area (Å²) in [5, 5.41) is 12.5. The smallest absolute Gasteiger partial charge is 0.173 e. The van der Waals surface area contributed by atoms with Crippen molar-refractivity contribution in [1.82, 2.24) is 4.98 Å². The molecule has 2 fully saturated rings. The number of pyridine rings is 1. The molecule has 2 aromatic heterocycles. The number of aliphatic hydroxyl groups excluding tert-OH is 1.